The predicted molar refractivity (Wildman–Crippen MR) is 80.2 cm³/mol. The fraction of sp³-hybridized carbons (Fsp3) is 0.0714. The van der Waals surface area contributed by atoms with Gasteiger partial charge in [-0.1, -0.05) is 11.2 Å². The Labute approximate surface area is 123 Å². The van der Waals surface area contributed by atoms with E-state index in [1.807, 2.05) is 23.6 Å². The van der Waals surface area contributed by atoms with E-state index in [2.05, 4.69) is 5.16 Å². The molecule has 0 aliphatic rings. The molecule has 0 amide bonds. The van der Waals surface area contributed by atoms with Crippen molar-refractivity contribution in [3.05, 3.63) is 53.3 Å². The van der Waals surface area contributed by atoms with Gasteiger partial charge in [-0.25, -0.2) is 4.39 Å². The fourth-order valence-corrected chi connectivity index (χ4v) is 3.17. The molecule has 0 atom stereocenters. The Morgan fingerprint density at radius 3 is 2.95 bits per heavy atom. The number of rotatable bonds is 4. The third-order valence-corrected chi connectivity index (χ3v) is 4.62. The summed E-state index contributed by atoms with van der Waals surface area (Å²) >= 11 is 2.96. The summed E-state index contributed by atoms with van der Waals surface area (Å²) in [6.45, 7) is 0. The van der Waals surface area contributed by atoms with Crippen LogP contribution in [0.25, 0.3) is 10.6 Å². The van der Waals surface area contributed by atoms with Gasteiger partial charge in [0, 0.05) is 22.4 Å². The standard InChI is InChI=1S/C14H11FN2OS2/c15-11-6-9(16)3-4-13(11)20-8-10-7-12(18-17-10)14-2-1-5-19-14/h1-7H,8,16H2. The minimum absolute atomic E-state index is 0.308. The van der Waals surface area contributed by atoms with Gasteiger partial charge in [-0.2, -0.15) is 0 Å². The summed E-state index contributed by atoms with van der Waals surface area (Å²) in [6.07, 6.45) is 0. The summed E-state index contributed by atoms with van der Waals surface area (Å²) in [5.74, 6) is 0.987. The number of nitrogens with zero attached hydrogens (tertiary/aromatic N) is 1. The smallest absolute Gasteiger partial charge is 0.177 e. The first kappa shape index (κ1) is 13.2. The number of hydrogen-bond acceptors (Lipinski definition) is 5. The topological polar surface area (TPSA) is 52.0 Å². The zero-order valence-electron chi connectivity index (χ0n) is 10.4. The molecule has 0 radical (unpaired) electrons. The molecule has 3 aromatic rings. The quantitative estimate of drug-likeness (QED) is 0.573. The molecule has 0 bridgehead atoms. The SMILES string of the molecule is Nc1ccc(SCc2cc(-c3cccs3)on2)c(F)c1. The Morgan fingerprint density at radius 2 is 2.20 bits per heavy atom. The van der Waals surface area contributed by atoms with Gasteiger partial charge in [-0.3, -0.25) is 0 Å². The molecule has 0 fully saturated rings. The molecular formula is C14H11FN2OS2. The number of nitrogens with two attached hydrogens (primary N) is 1. The first-order chi connectivity index (χ1) is 9.72. The van der Waals surface area contributed by atoms with Gasteiger partial charge in [0.2, 0.25) is 0 Å². The monoisotopic (exact) mass is 306 g/mol. The van der Waals surface area contributed by atoms with Crippen molar-refractivity contribution < 1.29 is 8.91 Å². The second kappa shape index (κ2) is 5.68. The first-order valence-corrected chi connectivity index (χ1v) is 7.76. The van der Waals surface area contributed by atoms with E-state index in [0.717, 1.165) is 16.3 Å². The molecule has 102 valence electrons. The van der Waals surface area contributed by atoms with Crippen LogP contribution in [0.5, 0.6) is 0 Å². The van der Waals surface area contributed by atoms with Crippen LogP contribution in [0.1, 0.15) is 5.69 Å². The van der Waals surface area contributed by atoms with Crippen LogP contribution in [-0.4, -0.2) is 5.16 Å². The summed E-state index contributed by atoms with van der Waals surface area (Å²) in [7, 11) is 0. The van der Waals surface area contributed by atoms with E-state index in [4.69, 9.17) is 10.3 Å². The van der Waals surface area contributed by atoms with Crippen LogP contribution >= 0.6 is 23.1 Å². The Bertz CT molecular complexity index is 710. The van der Waals surface area contributed by atoms with E-state index < -0.39 is 0 Å². The number of anilines is 1. The summed E-state index contributed by atoms with van der Waals surface area (Å²) < 4.78 is 18.9. The number of benzene rings is 1. The van der Waals surface area contributed by atoms with Crippen molar-refractivity contribution in [2.24, 2.45) is 0 Å². The average Bonchev–Trinajstić information content (AvgIpc) is 3.08. The number of hydrogen-bond donors (Lipinski definition) is 1. The summed E-state index contributed by atoms with van der Waals surface area (Å²) in [5, 5.41) is 5.98. The molecule has 2 heterocycles. The predicted octanol–water partition coefficient (Wildman–Crippen LogP) is 4.42. The zero-order valence-corrected chi connectivity index (χ0v) is 12.0. The normalized spacial score (nSPS) is 10.8. The van der Waals surface area contributed by atoms with E-state index in [-0.39, 0.29) is 5.82 Å². The van der Waals surface area contributed by atoms with Gasteiger partial charge in [0.05, 0.1) is 10.6 Å². The van der Waals surface area contributed by atoms with Gasteiger partial charge in [-0.05, 0) is 29.6 Å². The molecular weight excluding hydrogens is 295 g/mol. The number of thiophene rings is 1. The van der Waals surface area contributed by atoms with Gasteiger partial charge in [0.15, 0.2) is 5.76 Å². The maximum absolute atomic E-state index is 13.6. The minimum atomic E-state index is -0.308. The summed E-state index contributed by atoms with van der Waals surface area (Å²) in [6, 6.07) is 10.5. The zero-order chi connectivity index (χ0) is 13.9. The van der Waals surface area contributed by atoms with E-state index >= 15 is 0 Å². The Morgan fingerprint density at radius 1 is 1.30 bits per heavy atom. The number of halogens is 1. The molecule has 0 aliphatic carbocycles. The molecule has 0 spiro atoms. The van der Waals surface area contributed by atoms with Crippen molar-refractivity contribution in [3.8, 4) is 10.6 Å². The van der Waals surface area contributed by atoms with Crippen LogP contribution in [0.2, 0.25) is 0 Å². The third kappa shape index (κ3) is 2.86. The van der Waals surface area contributed by atoms with Crippen molar-refractivity contribution in [2.75, 3.05) is 5.73 Å². The van der Waals surface area contributed by atoms with E-state index in [9.17, 15) is 4.39 Å². The molecule has 3 nitrogen and oxygen atoms in total. The summed E-state index contributed by atoms with van der Waals surface area (Å²) in [5.41, 5.74) is 6.73. The van der Waals surface area contributed by atoms with Crippen LogP contribution in [0.4, 0.5) is 10.1 Å². The molecule has 20 heavy (non-hydrogen) atoms. The van der Waals surface area contributed by atoms with E-state index in [0.29, 0.717) is 16.3 Å². The highest BCUT2D eigenvalue weighted by Gasteiger charge is 2.09. The highest BCUT2D eigenvalue weighted by atomic mass is 32.2. The largest absolute Gasteiger partial charge is 0.399 e. The maximum Gasteiger partial charge on any atom is 0.177 e. The molecule has 6 heteroatoms. The molecule has 0 aliphatic heterocycles. The second-order valence-electron chi connectivity index (χ2n) is 4.14. The number of thioether (sulfide) groups is 1. The minimum Gasteiger partial charge on any atom is -0.399 e. The Balaban J connectivity index is 1.70. The molecule has 0 unspecified atom stereocenters. The van der Waals surface area contributed by atoms with Crippen LogP contribution in [0, 0.1) is 5.82 Å². The lowest BCUT2D eigenvalue weighted by molar-refractivity contribution is 0.427. The lowest BCUT2D eigenvalue weighted by Gasteiger charge is -2.01. The molecule has 3 rings (SSSR count). The molecule has 1 aromatic carbocycles. The molecule has 0 saturated heterocycles. The molecule has 2 aromatic heterocycles. The highest BCUT2D eigenvalue weighted by molar-refractivity contribution is 7.98. The average molecular weight is 306 g/mol. The van der Waals surface area contributed by atoms with Crippen molar-refractivity contribution in [3.63, 3.8) is 0 Å². The molecule has 0 saturated carbocycles. The lowest BCUT2D eigenvalue weighted by atomic mass is 10.3. The van der Waals surface area contributed by atoms with Crippen LogP contribution in [0.15, 0.2) is 51.2 Å². The number of aromatic nitrogens is 1. The Hall–Kier alpha value is -1.79. The lowest BCUT2D eigenvalue weighted by Crippen LogP contribution is -1.88. The number of nitrogen functional groups attached to an aromatic ring is 1. The van der Waals surface area contributed by atoms with Gasteiger partial charge in [0.25, 0.3) is 0 Å². The Kier molecular flexibility index (Phi) is 3.75. The second-order valence-corrected chi connectivity index (χ2v) is 6.10. The first-order valence-electron chi connectivity index (χ1n) is 5.89. The van der Waals surface area contributed by atoms with Gasteiger partial charge in [0.1, 0.15) is 5.82 Å². The van der Waals surface area contributed by atoms with Gasteiger partial charge in [-0.15, -0.1) is 23.1 Å². The van der Waals surface area contributed by atoms with Crippen LogP contribution < -0.4 is 5.73 Å². The van der Waals surface area contributed by atoms with E-state index in [1.165, 1.54) is 17.8 Å². The van der Waals surface area contributed by atoms with Crippen molar-refractivity contribution in [1.29, 1.82) is 0 Å². The fourth-order valence-electron chi connectivity index (χ4n) is 1.70. The van der Waals surface area contributed by atoms with Crippen molar-refractivity contribution >= 4 is 28.8 Å². The maximum atomic E-state index is 13.6. The van der Waals surface area contributed by atoms with E-state index in [1.54, 1.807) is 23.5 Å². The van der Waals surface area contributed by atoms with Crippen molar-refractivity contribution in [1.82, 2.24) is 5.16 Å². The molecule has 2 N–H and O–H groups in total. The third-order valence-electron chi connectivity index (χ3n) is 2.65. The van der Waals surface area contributed by atoms with Crippen molar-refractivity contribution in [2.45, 2.75) is 10.6 Å². The van der Waals surface area contributed by atoms with Crippen LogP contribution in [0.3, 0.4) is 0 Å². The summed E-state index contributed by atoms with van der Waals surface area (Å²) in [4.78, 5) is 1.59. The van der Waals surface area contributed by atoms with Gasteiger partial charge < -0.3 is 10.3 Å². The highest BCUT2D eigenvalue weighted by Crippen LogP contribution is 2.29. The van der Waals surface area contributed by atoms with Crippen LogP contribution in [-0.2, 0) is 5.75 Å². The van der Waals surface area contributed by atoms with Gasteiger partial charge >= 0.3 is 0 Å².